The summed E-state index contributed by atoms with van der Waals surface area (Å²) in [6.45, 7) is 1.94. The predicted octanol–water partition coefficient (Wildman–Crippen LogP) is 4.21. The molecule has 0 spiro atoms. The zero-order valence-electron chi connectivity index (χ0n) is 12.1. The van der Waals surface area contributed by atoms with Crippen LogP contribution in [0.5, 0.6) is 0 Å². The van der Waals surface area contributed by atoms with Crippen molar-refractivity contribution in [3.8, 4) is 0 Å². The number of alkyl halides is 1. The maximum Gasteiger partial charge on any atom is 0.225 e. The largest absolute Gasteiger partial charge is 0.342 e. The van der Waals surface area contributed by atoms with E-state index in [9.17, 15) is 4.79 Å². The molecule has 2 rings (SSSR count). The molecule has 0 aromatic heterocycles. The molecule has 2 nitrogen and oxygen atoms in total. The minimum Gasteiger partial charge on any atom is -0.342 e. The first-order chi connectivity index (χ1) is 9.31. The van der Waals surface area contributed by atoms with Crippen LogP contribution in [-0.4, -0.2) is 29.8 Å². The van der Waals surface area contributed by atoms with Gasteiger partial charge in [0.05, 0.1) is 0 Å². The molecule has 1 aliphatic heterocycles. The van der Waals surface area contributed by atoms with Crippen LogP contribution in [0.4, 0.5) is 0 Å². The van der Waals surface area contributed by atoms with Gasteiger partial charge in [-0.2, -0.15) is 0 Å². The van der Waals surface area contributed by atoms with E-state index in [0.29, 0.717) is 17.7 Å². The first-order valence-corrected chi connectivity index (χ1v) is 8.69. The number of nitrogens with zero attached hydrogens (tertiary/aromatic N) is 1. The fourth-order valence-electron chi connectivity index (χ4n) is 3.62. The summed E-state index contributed by atoms with van der Waals surface area (Å²) in [5, 5.41) is 0. The molecule has 0 bridgehead atoms. The minimum atomic E-state index is 0.315. The van der Waals surface area contributed by atoms with Crippen LogP contribution in [-0.2, 0) is 4.79 Å². The molecule has 1 amide bonds. The van der Waals surface area contributed by atoms with Crippen LogP contribution in [0.3, 0.4) is 0 Å². The highest BCUT2D eigenvalue weighted by atomic mass is 35.5. The molecule has 0 radical (unpaired) electrons. The first kappa shape index (κ1) is 15.2. The molecule has 2 fully saturated rings. The fraction of sp³-hybridized carbons (Fsp3) is 0.938. The summed E-state index contributed by atoms with van der Waals surface area (Å²) >= 11 is 5.85. The van der Waals surface area contributed by atoms with E-state index < -0.39 is 0 Å². The van der Waals surface area contributed by atoms with Gasteiger partial charge < -0.3 is 4.90 Å². The molecule has 1 unspecified atom stereocenters. The summed E-state index contributed by atoms with van der Waals surface area (Å²) < 4.78 is 0. The van der Waals surface area contributed by atoms with E-state index in [1.807, 2.05) is 0 Å². The third kappa shape index (κ3) is 4.66. The van der Waals surface area contributed by atoms with Crippen molar-refractivity contribution in [2.24, 2.45) is 11.8 Å². The summed E-state index contributed by atoms with van der Waals surface area (Å²) in [6, 6.07) is 0. The molecule has 2 aliphatic rings. The van der Waals surface area contributed by atoms with Crippen molar-refractivity contribution in [2.75, 3.05) is 19.0 Å². The number of carbonyl (C=O) groups excluding carboxylic acids is 1. The smallest absolute Gasteiger partial charge is 0.225 e. The summed E-state index contributed by atoms with van der Waals surface area (Å²) in [6.07, 6.45) is 12.2. The van der Waals surface area contributed by atoms with Gasteiger partial charge in [0.25, 0.3) is 0 Å². The van der Waals surface area contributed by atoms with Crippen LogP contribution < -0.4 is 0 Å². The lowest BCUT2D eigenvalue weighted by Crippen LogP contribution is -2.43. The number of amides is 1. The van der Waals surface area contributed by atoms with Crippen molar-refractivity contribution in [1.82, 2.24) is 4.90 Å². The zero-order chi connectivity index (χ0) is 13.5. The fourth-order valence-corrected chi connectivity index (χ4v) is 3.93. The molecular weight excluding hydrogens is 258 g/mol. The van der Waals surface area contributed by atoms with Gasteiger partial charge in [0, 0.05) is 24.9 Å². The minimum absolute atomic E-state index is 0.315. The van der Waals surface area contributed by atoms with E-state index in [0.717, 1.165) is 38.2 Å². The van der Waals surface area contributed by atoms with E-state index in [4.69, 9.17) is 11.6 Å². The number of likely N-dealkylation sites (tertiary alicyclic amines) is 1. The standard InChI is InChI=1S/C16H28ClNO/c17-11-10-14-7-6-12-18(13-14)16(19)15-8-4-2-1-3-5-9-15/h14-15H,1-13H2. The Labute approximate surface area is 122 Å². The second kappa shape index (κ2) is 8.14. The second-order valence-electron chi connectivity index (χ2n) is 6.31. The molecule has 1 saturated heterocycles. The van der Waals surface area contributed by atoms with Crippen LogP contribution in [0.25, 0.3) is 0 Å². The van der Waals surface area contributed by atoms with Crippen molar-refractivity contribution >= 4 is 17.5 Å². The van der Waals surface area contributed by atoms with Crippen LogP contribution in [0.1, 0.15) is 64.2 Å². The number of carbonyl (C=O) groups is 1. The lowest BCUT2D eigenvalue weighted by molar-refractivity contribution is -0.138. The normalized spacial score (nSPS) is 26.8. The van der Waals surface area contributed by atoms with Gasteiger partial charge in [-0.3, -0.25) is 4.79 Å². The van der Waals surface area contributed by atoms with Gasteiger partial charge in [-0.25, -0.2) is 0 Å². The van der Waals surface area contributed by atoms with E-state index in [-0.39, 0.29) is 0 Å². The monoisotopic (exact) mass is 285 g/mol. The summed E-state index contributed by atoms with van der Waals surface area (Å²) in [5.74, 6) is 2.14. The molecule has 3 heteroatoms. The third-order valence-electron chi connectivity index (χ3n) is 4.80. The first-order valence-electron chi connectivity index (χ1n) is 8.16. The average Bonchev–Trinajstić information content (AvgIpc) is 2.38. The molecule has 110 valence electrons. The van der Waals surface area contributed by atoms with Crippen molar-refractivity contribution in [1.29, 1.82) is 0 Å². The highest BCUT2D eigenvalue weighted by Gasteiger charge is 2.28. The van der Waals surface area contributed by atoms with E-state index >= 15 is 0 Å². The molecule has 19 heavy (non-hydrogen) atoms. The number of rotatable bonds is 3. The van der Waals surface area contributed by atoms with Crippen molar-refractivity contribution in [3.05, 3.63) is 0 Å². The van der Waals surface area contributed by atoms with Gasteiger partial charge in [-0.1, -0.05) is 32.1 Å². The second-order valence-corrected chi connectivity index (χ2v) is 6.69. The van der Waals surface area contributed by atoms with Gasteiger partial charge in [-0.05, 0) is 38.0 Å². The van der Waals surface area contributed by atoms with Crippen LogP contribution in [0.2, 0.25) is 0 Å². The SMILES string of the molecule is O=C(C1CCCCCCC1)N1CCCC(CCCl)C1. The highest BCUT2D eigenvalue weighted by Crippen LogP contribution is 2.27. The molecular formula is C16H28ClNO. The van der Waals surface area contributed by atoms with Gasteiger partial charge >= 0.3 is 0 Å². The Hall–Kier alpha value is -0.240. The van der Waals surface area contributed by atoms with Crippen molar-refractivity contribution in [2.45, 2.75) is 64.2 Å². The number of piperidine rings is 1. The number of halogens is 1. The third-order valence-corrected chi connectivity index (χ3v) is 5.02. The molecule has 1 heterocycles. The molecule has 0 N–H and O–H groups in total. The quantitative estimate of drug-likeness (QED) is 0.711. The Kier molecular flexibility index (Phi) is 6.49. The Morgan fingerprint density at radius 2 is 1.68 bits per heavy atom. The summed E-state index contributed by atoms with van der Waals surface area (Å²) in [5.41, 5.74) is 0. The van der Waals surface area contributed by atoms with Crippen LogP contribution >= 0.6 is 11.6 Å². The van der Waals surface area contributed by atoms with Gasteiger partial charge in [-0.15, -0.1) is 11.6 Å². The summed E-state index contributed by atoms with van der Waals surface area (Å²) in [4.78, 5) is 14.8. The molecule has 0 aromatic carbocycles. The van der Waals surface area contributed by atoms with Gasteiger partial charge in [0.2, 0.25) is 5.91 Å². The maximum absolute atomic E-state index is 12.7. The van der Waals surface area contributed by atoms with E-state index in [1.165, 1.54) is 44.9 Å². The molecule has 1 saturated carbocycles. The maximum atomic E-state index is 12.7. The number of hydrogen-bond donors (Lipinski definition) is 0. The van der Waals surface area contributed by atoms with E-state index in [1.54, 1.807) is 0 Å². The lowest BCUT2D eigenvalue weighted by Gasteiger charge is -2.35. The molecule has 1 atom stereocenters. The van der Waals surface area contributed by atoms with Gasteiger partial charge in [0.15, 0.2) is 0 Å². The number of hydrogen-bond acceptors (Lipinski definition) is 1. The van der Waals surface area contributed by atoms with Crippen LogP contribution in [0.15, 0.2) is 0 Å². The van der Waals surface area contributed by atoms with Crippen molar-refractivity contribution in [3.63, 3.8) is 0 Å². The van der Waals surface area contributed by atoms with E-state index in [2.05, 4.69) is 4.90 Å². The Morgan fingerprint density at radius 1 is 1.00 bits per heavy atom. The molecule has 1 aliphatic carbocycles. The predicted molar refractivity (Wildman–Crippen MR) is 80.5 cm³/mol. The zero-order valence-corrected chi connectivity index (χ0v) is 12.8. The Bertz CT molecular complexity index is 272. The topological polar surface area (TPSA) is 20.3 Å². The Balaban J connectivity index is 1.86. The highest BCUT2D eigenvalue weighted by molar-refractivity contribution is 6.17. The lowest BCUT2D eigenvalue weighted by atomic mass is 9.88. The Morgan fingerprint density at radius 3 is 2.37 bits per heavy atom. The summed E-state index contributed by atoms with van der Waals surface area (Å²) in [7, 11) is 0. The van der Waals surface area contributed by atoms with Crippen molar-refractivity contribution < 1.29 is 4.79 Å². The van der Waals surface area contributed by atoms with Crippen LogP contribution in [0, 0.1) is 11.8 Å². The van der Waals surface area contributed by atoms with Gasteiger partial charge in [0.1, 0.15) is 0 Å². The molecule has 0 aromatic rings. The average molecular weight is 286 g/mol.